The Hall–Kier alpha value is -2.70. The lowest BCUT2D eigenvalue weighted by atomic mass is 10.1. The second-order valence-electron chi connectivity index (χ2n) is 7.29. The molecule has 7 heteroatoms. The van der Waals surface area contributed by atoms with Gasteiger partial charge >= 0.3 is 0 Å². The van der Waals surface area contributed by atoms with E-state index in [2.05, 4.69) is 46.8 Å². The van der Waals surface area contributed by atoms with Gasteiger partial charge in [-0.15, -0.1) is 5.10 Å². The third-order valence-electron chi connectivity index (χ3n) is 5.13. The lowest BCUT2D eigenvalue weighted by Gasteiger charge is -2.21. The Morgan fingerprint density at radius 1 is 1.26 bits per heavy atom. The van der Waals surface area contributed by atoms with Crippen LogP contribution in [-0.4, -0.2) is 50.3 Å². The molecular weight excluding hydrogens is 342 g/mol. The first-order valence-corrected chi connectivity index (χ1v) is 9.50. The Labute approximate surface area is 159 Å². The van der Waals surface area contributed by atoms with Crippen LogP contribution >= 0.6 is 0 Å². The molecule has 7 nitrogen and oxygen atoms in total. The van der Waals surface area contributed by atoms with Gasteiger partial charge < -0.3 is 10.2 Å². The van der Waals surface area contributed by atoms with Crippen molar-refractivity contribution in [1.29, 1.82) is 0 Å². The number of rotatable bonds is 6. The van der Waals surface area contributed by atoms with Crippen molar-refractivity contribution in [3.63, 3.8) is 0 Å². The van der Waals surface area contributed by atoms with Gasteiger partial charge in [0, 0.05) is 12.6 Å². The molecule has 2 amide bonds. The Kier molecular flexibility index (Phi) is 5.58. The van der Waals surface area contributed by atoms with E-state index in [0.717, 1.165) is 12.0 Å². The molecule has 0 bridgehead atoms. The zero-order valence-corrected chi connectivity index (χ0v) is 16.4. The topological polar surface area (TPSA) is 80.1 Å². The standard InChI is InChI=1S/C20H27N5O2/c1-5-15-6-8-16(9-7-15)12-25-14(4)18(22-23-25)19(26)21-17-10-11-24(13(2)3)20(17)27/h6-9,13,17H,5,10-12H2,1-4H3,(H,21,26). The van der Waals surface area contributed by atoms with Crippen LogP contribution in [0.2, 0.25) is 0 Å². The van der Waals surface area contributed by atoms with Gasteiger partial charge in [-0.2, -0.15) is 0 Å². The summed E-state index contributed by atoms with van der Waals surface area (Å²) in [7, 11) is 0. The van der Waals surface area contributed by atoms with Crippen molar-refractivity contribution >= 4 is 11.8 Å². The number of carbonyl (C=O) groups is 2. The maximum Gasteiger partial charge on any atom is 0.274 e. The quantitative estimate of drug-likeness (QED) is 0.844. The number of hydrogen-bond donors (Lipinski definition) is 1. The van der Waals surface area contributed by atoms with E-state index in [1.807, 2.05) is 20.8 Å². The molecule has 1 aliphatic heterocycles. The highest BCUT2D eigenvalue weighted by atomic mass is 16.2. The van der Waals surface area contributed by atoms with Crippen LogP contribution in [0.4, 0.5) is 0 Å². The molecule has 0 spiro atoms. The summed E-state index contributed by atoms with van der Waals surface area (Å²) in [5.74, 6) is -0.372. The molecule has 1 unspecified atom stereocenters. The van der Waals surface area contributed by atoms with Crippen molar-refractivity contribution in [2.24, 2.45) is 0 Å². The number of likely N-dealkylation sites (tertiary alicyclic amines) is 1. The van der Waals surface area contributed by atoms with E-state index in [1.54, 1.807) is 9.58 Å². The summed E-state index contributed by atoms with van der Waals surface area (Å²) in [5, 5.41) is 11.0. The molecule has 0 aliphatic carbocycles. The first-order chi connectivity index (χ1) is 12.9. The Balaban J connectivity index is 1.67. The highest BCUT2D eigenvalue weighted by Crippen LogP contribution is 2.16. The molecule has 2 heterocycles. The van der Waals surface area contributed by atoms with E-state index in [9.17, 15) is 9.59 Å². The smallest absolute Gasteiger partial charge is 0.274 e. The van der Waals surface area contributed by atoms with E-state index in [0.29, 0.717) is 25.2 Å². The third-order valence-corrected chi connectivity index (χ3v) is 5.13. The molecular formula is C20H27N5O2. The minimum Gasteiger partial charge on any atom is -0.339 e. The zero-order chi connectivity index (χ0) is 19.6. The fourth-order valence-corrected chi connectivity index (χ4v) is 3.35. The number of carbonyl (C=O) groups excluding carboxylic acids is 2. The molecule has 0 radical (unpaired) electrons. The molecule has 1 fully saturated rings. The van der Waals surface area contributed by atoms with Crippen LogP contribution in [0.1, 0.15) is 54.5 Å². The fourth-order valence-electron chi connectivity index (χ4n) is 3.35. The van der Waals surface area contributed by atoms with E-state index in [4.69, 9.17) is 0 Å². The van der Waals surface area contributed by atoms with E-state index in [-0.39, 0.29) is 23.6 Å². The van der Waals surface area contributed by atoms with Gasteiger partial charge in [0.15, 0.2) is 5.69 Å². The molecule has 1 aliphatic rings. The average molecular weight is 369 g/mol. The van der Waals surface area contributed by atoms with Crippen LogP contribution in [0.15, 0.2) is 24.3 Å². The monoisotopic (exact) mass is 369 g/mol. The number of aryl methyl sites for hydroxylation is 1. The van der Waals surface area contributed by atoms with Gasteiger partial charge in [-0.1, -0.05) is 36.4 Å². The van der Waals surface area contributed by atoms with Gasteiger partial charge in [0.1, 0.15) is 6.04 Å². The first kappa shape index (κ1) is 19.1. The predicted octanol–water partition coefficient (Wildman–Crippen LogP) is 1.94. The summed E-state index contributed by atoms with van der Waals surface area (Å²) >= 11 is 0. The van der Waals surface area contributed by atoms with Crippen molar-refractivity contribution in [1.82, 2.24) is 25.2 Å². The highest BCUT2D eigenvalue weighted by Gasteiger charge is 2.34. The van der Waals surface area contributed by atoms with Gasteiger partial charge in [0.25, 0.3) is 5.91 Å². The summed E-state index contributed by atoms with van der Waals surface area (Å²) in [6, 6.07) is 7.99. The molecule has 3 rings (SSSR count). The van der Waals surface area contributed by atoms with Crippen molar-refractivity contribution in [3.8, 4) is 0 Å². The molecule has 1 saturated heterocycles. The molecule has 2 aromatic rings. The van der Waals surface area contributed by atoms with Gasteiger partial charge in [-0.3, -0.25) is 9.59 Å². The van der Waals surface area contributed by atoms with Crippen LogP contribution in [-0.2, 0) is 17.8 Å². The molecule has 1 atom stereocenters. The summed E-state index contributed by atoms with van der Waals surface area (Å²) in [5.41, 5.74) is 3.35. The number of hydrogen-bond acceptors (Lipinski definition) is 4. The number of amides is 2. The molecule has 1 aromatic carbocycles. The SMILES string of the molecule is CCc1ccc(Cn2nnc(C(=O)NC3CCN(C(C)C)C3=O)c2C)cc1. The highest BCUT2D eigenvalue weighted by molar-refractivity contribution is 5.97. The van der Waals surface area contributed by atoms with Crippen LogP contribution in [0.25, 0.3) is 0 Å². The van der Waals surface area contributed by atoms with Crippen LogP contribution in [0.3, 0.4) is 0 Å². The van der Waals surface area contributed by atoms with Crippen molar-refractivity contribution in [2.45, 2.75) is 59.2 Å². The second-order valence-corrected chi connectivity index (χ2v) is 7.29. The number of nitrogens with zero attached hydrogens (tertiary/aromatic N) is 4. The Morgan fingerprint density at radius 2 is 1.93 bits per heavy atom. The van der Waals surface area contributed by atoms with E-state index in [1.165, 1.54) is 5.56 Å². The molecule has 144 valence electrons. The minimum atomic E-state index is -0.481. The van der Waals surface area contributed by atoms with Gasteiger partial charge in [0.2, 0.25) is 5.91 Å². The maximum absolute atomic E-state index is 12.6. The van der Waals surface area contributed by atoms with Crippen molar-refractivity contribution in [2.75, 3.05) is 6.54 Å². The average Bonchev–Trinajstić information content (AvgIpc) is 3.19. The fraction of sp³-hybridized carbons (Fsp3) is 0.500. The first-order valence-electron chi connectivity index (χ1n) is 9.50. The van der Waals surface area contributed by atoms with Gasteiger partial charge in [-0.05, 0) is 44.7 Å². The maximum atomic E-state index is 12.6. The summed E-state index contributed by atoms with van der Waals surface area (Å²) in [6.07, 6.45) is 1.63. The molecule has 1 aromatic heterocycles. The van der Waals surface area contributed by atoms with E-state index < -0.39 is 6.04 Å². The number of aromatic nitrogens is 3. The minimum absolute atomic E-state index is 0.0283. The summed E-state index contributed by atoms with van der Waals surface area (Å²) in [4.78, 5) is 26.7. The predicted molar refractivity (Wildman–Crippen MR) is 102 cm³/mol. The van der Waals surface area contributed by atoms with Crippen LogP contribution in [0.5, 0.6) is 0 Å². The van der Waals surface area contributed by atoms with Gasteiger partial charge in [0.05, 0.1) is 12.2 Å². The van der Waals surface area contributed by atoms with Crippen LogP contribution in [0, 0.1) is 6.92 Å². The van der Waals surface area contributed by atoms with Crippen LogP contribution < -0.4 is 5.32 Å². The normalized spacial score (nSPS) is 17.0. The second kappa shape index (κ2) is 7.90. The van der Waals surface area contributed by atoms with Gasteiger partial charge in [-0.25, -0.2) is 4.68 Å². The zero-order valence-electron chi connectivity index (χ0n) is 16.4. The van der Waals surface area contributed by atoms with E-state index >= 15 is 0 Å². The molecule has 1 N–H and O–H groups in total. The number of nitrogens with one attached hydrogen (secondary N) is 1. The summed E-state index contributed by atoms with van der Waals surface area (Å²) < 4.78 is 1.72. The lowest BCUT2D eigenvalue weighted by molar-refractivity contribution is -0.130. The number of benzene rings is 1. The molecule has 27 heavy (non-hydrogen) atoms. The van der Waals surface area contributed by atoms with Crippen molar-refractivity contribution in [3.05, 3.63) is 46.8 Å². The largest absolute Gasteiger partial charge is 0.339 e. The Bertz CT molecular complexity index is 825. The third kappa shape index (κ3) is 4.02. The molecule has 0 saturated carbocycles. The lowest BCUT2D eigenvalue weighted by Crippen LogP contribution is -2.43. The summed E-state index contributed by atoms with van der Waals surface area (Å²) in [6.45, 7) is 9.12. The Morgan fingerprint density at radius 3 is 2.52 bits per heavy atom. The van der Waals surface area contributed by atoms with Crippen molar-refractivity contribution < 1.29 is 9.59 Å².